The van der Waals surface area contributed by atoms with E-state index in [1.807, 2.05) is 16.8 Å². The van der Waals surface area contributed by atoms with Gasteiger partial charge in [-0.15, -0.1) is 6.58 Å². The molecule has 0 saturated heterocycles. The molecule has 0 spiro atoms. The van der Waals surface area contributed by atoms with Crippen LogP contribution in [0.1, 0.15) is 5.82 Å². The number of nitrogens with zero attached hydrogens (tertiary/aromatic N) is 2. The average Bonchev–Trinajstić information content (AvgIpc) is 2.36. The Balaban J connectivity index is 0.000001000. The maximum absolute atomic E-state index is 4.05. The van der Waals surface area contributed by atoms with Crippen LogP contribution in [0.3, 0.4) is 0 Å². The first-order chi connectivity index (χ1) is 4.88. The molecule has 0 aliphatic heterocycles. The van der Waals surface area contributed by atoms with E-state index >= 15 is 0 Å². The SMILES string of the molecule is C=CCn1ccnc1C=C.[Re]. The standard InChI is InChI=1S/C8H10N2.Re/c1-3-6-10-7-5-9-8(10)4-2;/h3-5,7H,1-2,6H2;. The Hall–Kier alpha value is -0.648. The molecule has 0 aliphatic rings. The molecule has 0 aliphatic carbocycles. The predicted molar refractivity (Wildman–Crippen MR) is 42.5 cm³/mol. The van der Waals surface area contributed by atoms with Crippen molar-refractivity contribution in [2.45, 2.75) is 6.54 Å². The molecule has 0 N–H and O–H groups in total. The maximum Gasteiger partial charge on any atom is 0.132 e. The van der Waals surface area contributed by atoms with E-state index in [0.29, 0.717) is 0 Å². The molecule has 1 heterocycles. The molecule has 59 valence electrons. The van der Waals surface area contributed by atoms with Crippen molar-refractivity contribution in [3.05, 3.63) is 37.5 Å². The van der Waals surface area contributed by atoms with Crippen molar-refractivity contribution in [1.82, 2.24) is 9.55 Å². The van der Waals surface area contributed by atoms with Crippen LogP contribution < -0.4 is 0 Å². The van der Waals surface area contributed by atoms with Crippen LogP contribution in [0.2, 0.25) is 0 Å². The Morgan fingerprint density at radius 2 is 2.27 bits per heavy atom. The molecule has 0 aromatic carbocycles. The van der Waals surface area contributed by atoms with Crippen molar-refractivity contribution in [3.8, 4) is 0 Å². The van der Waals surface area contributed by atoms with Crippen LogP contribution in [-0.4, -0.2) is 9.55 Å². The molecule has 0 fully saturated rings. The van der Waals surface area contributed by atoms with Crippen LogP contribution in [0, 0.1) is 0 Å². The first-order valence-corrected chi connectivity index (χ1v) is 3.13. The molecule has 1 aromatic rings. The first kappa shape index (κ1) is 10.4. The van der Waals surface area contributed by atoms with Gasteiger partial charge in [-0.25, -0.2) is 4.98 Å². The third kappa shape index (κ3) is 2.45. The normalized spacial score (nSPS) is 8.36. The van der Waals surface area contributed by atoms with E-state index in [1.54, 1.807) is 12.3 Å². The van der Waals surface area contributed by atoms with E-state index in [2.05, 4.69) is 18.1 Å². The van der Waals surface area contributed by atoms with E-state index in [0.717, 1.165) is 12.4 Å². The molecule has 11 heavy (non-hydrogen) atoms. The molecule has 0 amide bonds. The van der Waals surface area contributed by atoms with Crippen LogP contribution in [0.5, 0.6) is 0 Å². The molecule has 0 saturated carbocycles. The minimum atomic E-state index is 0. The minimum Gasteiger partial charge on any atom is -0.328 e. The van der Waals surface area contributed by atoms with E-state index in [4.69, 9.17) is 0 Å². The van der Waals surface area contributed by atoms with Gasteiger partial charge in [0.2, 0.25) is 0 Å². The van der Waals surface area contributed by atoms with E-state index in [-0.39, 0.29) is 20.4 Å². The molecule has 3 heteroatoms. The number of aromatic nitrogens is 2. The smallest absolute Gasteiger partial charge is 0.132 e. The second kappa shape index (κ2) is 5.06. The summed E-state index contributed by atoms with van der Waals surface area (Å²) in [6.07, 6.45) is 7.21. The third-order valence-electron chi connectivity index (χ3n) is 1.26. The fourth-order valence-electron chi connectivity index (χ4n) is 0.804. The summed E-state index contributed by atoms with van der Waals surface area (Å²) in [5, 5.41) is 0. The second-order valence-corrected chi connectivity index (χ2v) is 1.93. The van der Waals surface area contributed by atoms with E-state index < -0.39 is 0 Å². The molecular weight excluding hydrogens is 310 g/mol. The van der Waals surface area contributed by atoms with Gasteiger partial charge in [-0.3, -0.25) is 0 Å². The number of allylic oxidation sites excluding steroid dienone is 1. The van der Waals surface area contributed by atoms with Gasteiger partial charge in [-0.1, -0.05) is 12.7 Å². The zero-order valence-corrected chi connectivity index (χ0v) is 8.92. The summed E-state index contributed by atoms with van der Waals surface area (Å²) in [7, 11) is 0. The molecule has 1 rings (SSSR count). The molecule has 0 bridgehead atoms. The zero-order chi connectivity index (χ0) is 7.40. The topological polar surface area (TPSA) is 17.8 Å². The second-order valence-electron chi connectivity index (χ2n) is 1.93. The molecule has 1 aromatic heterocycles. The number of hydrogen-bond donors (Lipinski definition) is 0. The van der Waals surface area contributed by atoms with Crippen LogP contribution >= 0.6 is 0 Å². The Labute approximate surface area is 80.3 Å². The molecule has 0 unspecified atom stereocenters. The minimum absolute atomic E-state index is 0. The Bertz CT molecular complexity index is 240. The number of imidazole rings is 1. The zero-order valence-electron chi connectivity index (χ0n) is 6.20. The van der Waals surface area contributed by atoms with Crippen molar-refractivity contribution in [3.63, 3.8) is 0 Å². The van der Waals surface area contributed by atoms with Crippen molar-refractivity contribution >= 4 is 6.08 Å². The molecule has 1 radical (unpaired) electrons. The number of hydrogen-bond acceptors (Lipinski definition) is 1. The molecule has 0 atom stereocenters. The van der Waals surface area contributed by atoms with Crippen molar-refractivity contribution in [2.75, 3.05) is 0 Å². The van der Waals surface area contributed by atoms with Crippen LogP contribution in [0.15, 0.2) is 31.6 Å². The average molecular weight is 320 g/mol. The molecule has 2 nitrogen and oxygen atoms in total. The Morgan fingerprint density at radius 1 is 1.55 bits per heavy atom. The van der Waals surface area contributed by atoms with Crippen LogP contribution in [0.25, 0.3) is 6.08 Å². The van der Waals surface area contributed by atoms with Crippen LogP contribution in [0.4, 0.5) is 0 Å². The summed E-state index contributed by atoms with van der Waals surface area (Å²) >= 11 is 0. The van der Waals surface area contributed by atoms with Gasteiger partial charge in [0.1, 0.15) is 5.82 Å². The van der Waals surface area contributed by atoms with E-state index in [9.17, 15) is 0 Å². The first-order valence-electron chi connectivity index (χ1n) is 3.13. The van der Waals surface area contributed by atoms with Crippen molar-refractivity contribution in [2.24, 2.45) is 0 Å². The fourth-order valence-corrected chi connectivity index (χ4v) is 0.804. The summed E-state index contributed by atoms with van der Waals surface area (Å²) in [4.78, 5) is 4.05. The van der Waals surface area contributed by atoms with Crippen molar-refractivity contribution < 1.29 is 20.4 Å². The largest absolute Gasteiger partial charge is 0.328 e. The summed E-state index contributed by atoms with van der Waals surface area (Å²) in [6, 6.07) is 0. The van der Waals surface area contributed by atoms with Gasteiger partial charge in [0, 0.05) is 39.4 Å². The van der Waals surface area contributed by atoms with Gasteiger partial charge >= 0.3 is 0 Å². The molecular formula is C8H10N2Re. The third-order valence-corrected chi connectivity index (χ3v) is 1.26. The van der Waals surface area contributed by atoms with Gasteiger partial charge in [-0.05, 0) is 6.08 Å². The summed E-state index contributed by atoms with van der Waals surface area (Å²) in [5.74, 6) is 0.889. The van der Waals surface area contributed by atoms with Crippen LogP contribution in [-0.2, 0) is 27.0 Å². The summed E-state index contributed by atoms with van der Waals surface area (Å²) < 4.78 is 1.97. The maximum atomic E-state index is 4.05. The van der Waals surface area contributed by atoms with Gasteiger partial charge in [-0.2, -0.15) is 0 Å². The fraction of sp³-hybridized carbons (Fsp3) is 0.125. The van der Waals surface area contributed by atoms with E-state index in [1.165, 1.54) is 0 Å². The number of rotatable bonds is 3. The van der Waals surface area contributed by atoms with Gasteiger partial charge < -0.3 is 4.57 Å². The monoisotopic (exact) mass is 321 g/mol. The predicted octanol–water partition coefficient (Wildman–Crippen LogP) is 1.71. The Kier molecular flexibility index (Phi) is 4.76. The quantitative estimate of drug-likeness (QED) is 0.776. The van der Waals surface area contributed by atoms with Gasteiger partial charge in [0.15, 0.2) is 0 Å². The van der Waals surface area contributed by atoms with Gasteiger partial charge in [0.05, 0.1) is 0 Å². The van der Waals surface area contributed by atoms with Gasteiger partial charge in [0.25, 0.3) is 0 Å². The summed E-state index contributed by atoms with van der Waals surface area (Å²) in [6.45, 7) is 8.05. The van der Waals surface area contributed by atoms with Crippen molar-refractivity contribution in [1.29, 1.82) is 0 Å². The Morgan fingerprint density at radius 3 is 2.82 bits per heavy atom. The summed E-state index contributed by atoms with van der Waals surface area (Å²) in [5.41, 5.74) is 0.